The van der Waals surface area contributed by atoms with E-state index >= 15 is 0 Å². The van der Waals surface area contributed by atoms with Crippen molar-refractivity contribution in [1.82, 2.24) is 0 Å². The van der Waals surface area contributed by atoms with E-state index in [2.05, 4.69) is 0 Å². The summed E-state index contributed by atoms with van der Waals surface area (Å²) in [5, 5.41) is 50.4. The molecule has 3 aromatic carbocycles. The second-order valence-corrected chi connectivity index (χ2v) is 8.14. The van der Waals surface area contributed by atoms with Gasteiger partial charge in [0.1, 0.15) is 24.1 Å². The van der Waals surface area contributed by atoms with Crippen molar-refractivity contribution in [3.8, 4) is 11.5 Å². The normalized spacial score (nSPS) is 19.4. The van der Waals surface area contributed by atoms with E-state index in [4.69, 9.17) is 9.47 Å². The predicted octanol–water partition coefficient (Wildman–Crippen LogP) is -3.23. The molecule has 1 heterocycles. The van der Waals surface area contributed by atoms with Crippen molar-refractivity contribution >= 4 is 18.2 Å². The van der Waals surface area contributed by atoms with E-state index in [-0.39, 0.29) is 47.3 Å². The molecule has 0 spiro atoms. The van der Waals surface area contributed by atoms with Gasteiger partial charge in [0.15, 0.2) is 18.0 Å². The second kappa shape index (κ2) is 11.5. The molecule has 1 aliphatic rings. The van der Waals surface area contributed by atoms with Gasteiger partial charge in [-0.05, 0) is 18.2 Å². The predicted molar refractivity (Wildman–Crippen MR) is 120 cm³/mol. The Morgan fingerprint density at radius 2 is 1.46 bits per heavy atom. The monoisotopic (exact) mass is 516 g/mol. The number of hydrogen-bond donors (Lipinski definition) is 4. The minimum atomic E-state index is -2.26. The first kappa shape index (κ1) is 28.5. The summed E-state index contributed by atoms with van der Waals surface area (Å²) < 4.78 is 10.9. The first-order chi connectivity index (χ1) is 17.2. The molecule has 37 heavy (non-hydrogen) atoms. The zero-order valence-corrected chi connectivity index (χ0v) is 21.6. The van der Waals surface area contributed by atoms with Gasteiger partial charge in [0.25, 0.3) is 0 Å². The average Bonchev–Trinajstić information content (AvgIpc) is 3.21. The van der Waals surface area contributed by atoms with Gasteiger partial charge in [0.05, 0.1) is 5.56 Å². The Hall–Kier alpha value is -3.09. The van der Waals surface area contributed by atoms with Crippen molar-refractivity contribution in [1.29, 1.82) is 0 Å². The summed E-state index contributed by atoms with van der Waals surface area (Å²) in [6, 6.07) is 18.4. The van der Waals surface area contributed by atoms with Crippen molar-refractivity contribution in [2.45, 2.75) is 30.0 Å². The molecular formula is C26H21NaO10. The van der Waals surface area contributed by atoms with Gasteiger partial charge in [-0.3, -0.25) is 0 Å². The van der Waals surface area contributed by atoms with Gasteiger partial charge in [0.2, 0.25) is 0 Å². The maximum atomic E-state index is 12.7. The SMILES string of the molecule is O=C[C@H](O)[C@@H](O)[C@H](O)[C@H](O)C(=O)Oc1ccc(C2(c3ccc([O-])cc3)OC(=O)c3ccccc32)cc1.[Na+]. The van der Waals surface area contributed by atoms with Crippen LogP contribution in [0.5, 0.6) is 11.5 Å². The number of rotatable bonds is 8. The van der Waals surface area contributed by atoms with Crippen molar-refractivity contribution in [2.75, 3.05) is 0 Å². The van der Waals surface area contributed by atoms with E-state index in [1.807, 2.05) is 0 Å². The fraction of sp³-hybridized carbons (Fsp3) is 0.192. The smallest absolute Gasteiger partial charge is 0.872 e. The third-order valence-electron chi connectivity index (χ3n) is 5.92. The first-order valence-electron chi connectivity index (χ1n) is 10.8. The van der Waals surface area contributed by atoms with Gasteiger partial charge in [-0.25, -0.2) is 9.59 Å². The van der Waals surface area contributed by atoms with Crippen LogP contribution < -0.4 is 39.4 Å². The standard InChI is InChI=1S/C26H22O10.Na/c27-13-20(29)21(30)22(31)23(32)25(34)35-17-11-7-15(8-12-17)26(14-5-9-16(28)10-6-14)19-4-2-1-3-18(19)24(33)36-26;/h1-13,20-23,28-32H;/q;+1/p-1/t20-,21+,22-,23-,26?;/m0./s1. The van der Waals surface area contributed by atoms with Crippen LogP contribution in [0.3, 0.4) is 0 Å². The second-order valence-electron chi connectivity index (χ2n) is 8.14. The summed E-state index contributed by atoms with van der Waals surface area (Å²) in [6.45, 7) is 0. The fourth-order valence-electron chi connectivity index (χ4n) is 4.05. The molecule has 186 valence electrons. The van der Waals surface area contributed by atoms with Crippen LogP contribution >= 0.6 is 0 Å². The Morgan fingerprint density at radius 3 is 2.05 bits per heavy atom. The summed E-state index contributed by atoms with van der Waals surface area (Å²) in [4.78, 5) is 35.5. The molecule has 0 aliphatic carbocycles. The molecule has 0 radical (unpaired) electrons. The molecular weight excluding hydrogens is 495 g/mol. The Kier molecular flexibility index (Phi) is 8.88. The summed E-state index contributed by atoms with van der Waals surface area (Å²) >= 11 is 0. The number of ether oxygens (including phenoxy) is 2. The number of esters is 2. The molecule has 4 N–H and O–H groups in total. The van der Waals surface area contributed by atoms with E-state index < -0.39 is 42.0 Å². The largest absolute Gasteiger partial charge is 1.00 e. The fourth-order valence-corrected chi connectivity index (χ4v) is 4.05. The summed E-state index contributed by atoms with van der Waals surface area (Å²) in [5.74, 6) is -2.17. The number of carbonyl (C=O) groups is 3. The number of hydrogen-bond acceptors (Lipinski definition) is 10. The Labute approximate surface area is 233 Å². The maximum Gasteiger partial charge on any atom is 1.00 e. The Bertz CT molecular complexity index is 1280. The molecule has 5 atom stereocenters. The average molecular weight is 516 g/mol. The van der Waals surface area contributed by atoms with Crippen molar-refractivity contribution in [2.24, 2.45) is 0 Å². The van der Waals surface area contributed by atoms with Gasteiger partial charge in [-0.1, -0.05) is 54.6 Å². The molecule has 0 fully saturated rings. The quantitative estimate of drug-likeness (QED) is 0.103. The third-order valence-corrected chi connectivity index (χ3v) is 5.92. The Balaban J connectivity index is 0.00000380. The van der Waals surface area contributed by atoms with E-state index in [0.717, 1.165) is 0 Å². The number of aliphatic hydroxyl groups is 4. The summed E-state index contributed by atoms with van der Waals surface area (Å²) in [7, 11) is 0. The van der Waals surface area contributed by atoms with Crippen molar-refractivity contribution in [3.05, 3.63) is 95.1 Å². The summed E-state index contributed by atoms with van der Waals surface area (Å²) in [5.41, 5.74) is 0.525. The first-order valence-corrected chi connectivity index (χ1v) is 10.8. The number of cyclic esters (lactones) is 1. The van der Waals surface area contributed by atoms with Crippen molar-refractivity contribution < 1.29 is 78.9 Å². The molecule has 1 aliphatic heterocycles. The molecule has 0 aromatic heterocycles. The summed E-state index contributed by atoms with van der Waals surface area (Å²) in [6.07, 6.45) is -8.61. The Morgan fingerprint density at radius 1 is 0.892 bits per heavy atom. The van der Waals surface area contributed by atoms with Crippen LogP contribution in [0.15, 0.2) is 72.8 Å². The number of aldehydes is 1. The van der Waals surface area contributed by atoms with Crippen LogP contribution in [0.25, 0.3) is 0 Å². The zero-order chi connectivity index (χ0) is 26.0. The van der Waals surface area contributed by atoms with Gasteiger partial charge in [-0.2, -0.15) is 0 Å². The van der Waals surface area contributed by atoms with Gasteiger partial charge < -0.3 is 39.8 Å². The minimum Gasteiger partial charge on any atom is -0.872 e. The van der Waals surface area contributed by atoms with E-state index in [1.54, 1.807) is 36.4 Å². The van der Waals surface area contributed by atoms with Crippen LogP contribution in [0, 0.1) is 0 Å². The van der Waals surface area contributed by atoms with Crippen LogP contribution in [0.2, 0.25) is 0 Å². The van der Waals surface area contributed by atoms with Crippen LogP contribution in [-0.2, 0) is 19.9 Å². The van der Waals surface area contributed by atoms with Gasteiger partial charge in [0, 0.05) is 16.7 Å². The van der Waals surface area contributed by atoms with Gasteiger partial charge >= 0.3 is 41.5 Å². The van der Waals surface area contributed by atoms with Crippen molar-refractivity contribution in [3.63, 3.8) is 0 Å². The molecule has 0 saturated heterocycles. The van der Waals surface area contributed by atoms with Crippen LogP contribution in [-0.4, -0.2) is 63.1 Å². The molecule has 10 nitrogen and oxygen atoms in total. The zero-order valence-electron chi connectivity index (χ0n) is 19.6. The van der Waals surface area contributed by atoms with Gasteiger partial charge in [-0.15, -0.1) is 5.75 Å². The van der Waals surface area contributed by atoms with Crippen LogP contribution in [0.4, 0.5) is 0 Å². The number of carbonyl (C=O) groups excluding carboxylic acids is 3. The molecule has 11 heteroatoms. The molecule has 0 bridgehead atoms. The number of aliphatic hydroxyl groups excluding tert-OH is 4. The number of benzene rings is 3. The van der Waals surface area contributed by atoms with E-state index in [1.165, 1.54) is 36.4 Å². The third kappa shape index (κ3) is 5.32. The number of fused-ring (bicyclic) bond motifs is 1. The minimum absolute atomic E-state index is 0. The van der Waals surface area contributed by atoms with E-state index in [0.29, 0.717) is 22.3 Å². The molecule has 0 amide bonds. The maximum absolute atomic E-state index is 12.7. The molecule has 3 aromatic rings. The van der Waals surface area contributed by atoms with Crippen LogP contribution in [0.1, 0.15) is 27.0 Å². The molecule has 0 saturated carbocycles. The topological polar surface area (TPSA) is 174 Å². The molecule has 4 rings (SSSR count). The molecule has 1 unspecified atom stereocenters. The van der Waals surface area contributed by atoms with E-state index in [9.17, 15) is 39.9 Å².